The van der Waals surface area contributed by atoms with Crippen molar-refractivity contribution in [1.29, 1.82) is 0 Å². The second-order valence-corrected chi connectivity index (χ2v) is 4.30. The van der Waals surface area contributed by atoms with Crippen molar-refractivity contribution in [2.24, 2.45) is 4.99 Å². The zero-order valence-electron chi connectivity index (χ0n) is 6.66. The number of hydrogen-bond donors (Lipinski definition) is 0. The van der Waals surface area contributed by atoms with Crippen LogP contribution in [-0.4, -0.2) is 23.4 Å². The van der Waals surface area contributed by atoms with E-state index in [0.717, 1.165) is 25.5 Å². The summed E-state index contributed by atoms with van der Waals surface area (Å²) in [6.45, 7) is 1.51. The molecule has 0 aromatic carbocycles. The van der Waals surface area contributed by atoms with Crippen molar-refractivity contribution >= 4 is 21.8 Å². The molecule has 0 aromatic heterocycles. The summed E-state index contributed by atoms with van der Waals surface area (Å²) in [6.07, 6.45) is 9.16. The van der Waals surface area contributed by atoms with E-state index in [4.69, 9.17) is 4.74 Å². The molecule has 3 heteroatoms. The summed E-state index contributed by atoms with van der Waals surface area (Å²) in [5.74, 6) is 0.822. The lowest BCUT2D eigenvalue weighted by Crippen LogP contribution is -2.30. The van der Waals surface area contributed by atoms with Gasteiger partial charge in [-0.05, 0) is 6.42 Å². The van der Waals surface area contributed by atoms with Crippen molar-refractivity contribution in [3.8, 4) is 0 Å². The van der Waals surface area contributed by atoms with Crippen LogP contribution in [0.1, 0.15) is 6.42 Å². The summed E-state index contributed by atoms with van der Waals surface area (Å²) < 4.78 is 5.24. The van der Waals surface area contributed by atoms with Crippen molar-refractivity contribution in [2.45, 2.75) is 10.7 Å². The first-order valence-electron chi connectivity index (χ1n) is 4.02. The Morgan fingerprint density at radius 3 is 3.00 bits per heavy atom. The number of nitrogens with zero attached hydrogens (tertiary/aromatic N) is 1. The first-order valence-corrected chi connectivity index (χ1v) is 4.82. The summed E-state index contributed by atoms with van der Waals surface area (Å²) in [5.41, 5.74) is 0. The smallest absolute Gasteiger partial charge is 0.205 e. The van der Waals surface area contributed by atoms with E-state index in [1.807, 2.05) is 12.2 Å². The van der Waals surface area contributed by atoms with Crippen LogP contribution in [-0.2, 0) is 4.74 Å². The molecule has 1 aliphatic heterocycles. The van der Waals surface area contributed by atoms with Gasteiger partial charge in [0.2, 0.25) is 5.90 Å². The molecule has 1 aliphatic carbocycles. The van der Waals surface area contributed by atoms with Crippen molar-refractivity contribution in [2.75, 3.05) is 13.2 Å². The molecule has 0 bridgehead atoms. The normalized spacial score (nSPS) is 33.2. The Bertz CT molecular complexity index is 270. The van der Waals surface area contributed by atoms with Gasteiger partial charge in [0.05, 0.1) is 6.54 Å². The van der Waals surface area contributed by atoms with Gasteiger partial charge in [0.25, 0.3) is 0 Å². The standard InChI is InChI=1S/C9H10BrNO/c10-9(4-2-1-3-5-9)8-11-6-7-12-8/h1-4H,5-7H2. The Hall–Kier alpha value is -0.570. The maximum atomic E-state index is 5.41. The highest BCUT2D eigenvalue weighted by Gasteiger charge is 2.33. The third-order valence-electron chi connectivity index (χ3n) is 1.96. The molecule has 12 heavy (non-hydrogen) atoms. The molecule has 1 heterocycles. The number of ether oxygens (including phenoxy) is 1. The zero-order valence-corrected chi connectivity index (χ0v) is 8.25. The fraction of sp³-hybridized carbons (Fsp3) is 0.444. The van der Waals surface area contributed by atoms with Crippen LogP contribution in [0, 0.1) is 0 Å². The number of rotatable bonds is 1. The molecule has 0 spiro atoms. The fourth-order valence-electron chi connectivity index (χ4n) is 1.34. The fourth-order valence-corrected chi connectivity index (χ4v) is 1.92. The molecule has 0 amide bonds. The topological polar surface area (TPSA) is 21.6 Å². The summed E-state index contributed by atoms with van der Waals surface area (Å²) in [4.78, 5) is 4.29. The molecule has 0 saturated carbocycles. The summed E-state index contributed by atoms with van der Waals surface area (Å²) in [6, 6.07) is 0. The second kappa shape index (κ2) is 3.05. The third kappa shape index (κ3) is 1.33. The van der Waals surface area contributed by atoms with Crippen LogP contribution in [0.2, 0.25) is 0 Å². The first kappa shape index (κ1) is 8.05. The predicted molar refractivity (Wildman–Crippen MR) is 52.8 cm³/mol. The van der Waals surface area contributed by atoms with Crippen molar-refractivity contribution < 1.29 is 4.74 Å². The predicted octanol–water partition coefficient (Wildman–Crippen LogP) is 2.06. The molecule has 0 N–H and O–H groups in total. The van der Waals surface area contributed by atoms with E-state index in [-0.39, 0.29) is 4.32 Å². The Morgan fingerprint density at radius 2 is 2.42 bits per heavy atom. The Morgan fingerprint density at radius 1 is 1.50 bits per heavy atom. The van der Waals surface area contributed by atoms with E-state index in [9.17, 15) is 0 Å². The van der Waals surface area contributed by atoms with E-state index >= 15 is 0 Å². The molecular weight excluding hydrogens is 218 g/mol. The first-order chi connectivity index (χ1) is 5.81. The zero-order chi connectivity index (χ0) is 8.44. The van der Waals surface area contributed by atoms with Crippen LogP contribution in [0.4, 0.5) is 0 Å². The molecule has 0 aromatic rings. The molecule has 0 radical (unpaired) electrons. The molecule has 1 unspecified atom stereocenters. The van der Waals surface area contributed by atoms with Crippen molar-refractivity contribution in [3.63, 3.8) is 0 Å². The quantitative estimate of drug-likeness (QED) is 0.629. The SMILES string of the molecule is BrC1(C2=NCCO2)C=CC=CC1. The molecule has 2 aliphatic rings. The number of halogens is 1. The van der Waals surface area contributed by atoms with Gasteiger partial charge in [-0.3, -0.25) is 4.99 Å². The summed E-state index contributed by atoms with van der Waals surface area (Å²) >= 11 is 3.63. The number of hydrogen-bond acceptors (Lipinski definition) is 2. The molecule has 2 rings (SSSR count). The van der Waals surface area contributed by atoms with E-state index in [1.165, 1.54) is 0 Å². The van der Waals surface area contributed by atoms with Crippen LogP contribution in [0.15, 0.2) is 29.3 Å². The molecule has 2 nitrogen and oxygen atoms in total. The number of aliphatic imine (C=N–C) groups is 1. The average molecular weight is 228 g/mol. The van der Waals surface area contributed by atoms with Gasteiger partial charge >= 0.3 is 0 Å². The van der Waals surface area contributed by atoms with Crippen LogP contribution < -0.4 is 0 Å². The Labute approximate surface area is 80.1 Å². The van der Waals surface area contributed by atoms with E-state index < -0.39 is 0 Å². The molecule has 64 valence electrons. The highest BCUT2D eigenvalue weighted by atomic mass is 79.9. The van der Waals surface area contributed by atoms with Gasteiger partial charge in [0, 0.05) is 0 Å². The van der Waals surface area contributed by atoms with E-state index in [0.29, 0.717) is 0 Å². The number of allylic oxidation sites excluding steroid dienone is 3. The highest BCUT2D eigenvalue weighted by Crippen LogP contribution is 2.31. The minimum atomic E-state index is -0.168. The highest BCUT2D eigenvalue weighted by molar-refractivity contribution is 9.10. The minimum absolute atomic E-state index is 0.168. The van der Waals surface area contributed by atoms with Crippen LogP contribution in [0.25, 0.3) is 0 Å². The van der Waals surface area contributed by atoms with Gasteiger partial charge in [0.15, 0.2) is 0 Å². The average Bonchev–Trinajstić information content (AvgIpc) is 2.58. The second-order valence-electron chi connectivity index (χ2n) is 2.89. The Balaban J connectivity index is 2.20. The minimum Gasteiger partial charge on any atom is -0.478 e. The van der Waals surface area contributed by atoms with Crippen molar-refractivity contribution in [3.05, 3.63) is 24.3 Å². The van der Waals surface area contributed by atoms with Gasteiger partial charge in [-0.1, -0.05) is 40.2 Å². The molecule has 0 saturated heterocycles. The lowest BCUT2D eigenvalue weighted by Gasteiger charge is -2.23. The van der Waals surface area contributed by atoms with Gasteiger partial charge in [-0.2, -0.15) is 0 Å². The third-order valence-corrected chi connectivity index (χ3v) is 2.89. The molecule has 1 atom stereocenters. The van der Waals surface area contributed by atoms with Crippen molar-refractivity contribution in [1.82, 2.24) is 0 Å². The van der Waals surface area contributed by atoms with Crippen LogP contribution >= 0.6 is 15.9 Å². The van der Waals surface area contributed by atoms with E-state index in [2.05, 4.69) is 33.1 Å². The van der Waals surface area contributed by atoms with Crippen LogP contribution in [0.3, 0.4) is 0 Å². The monoisotopic (exact) mass is 227 g/mol. The van der Waals surface area contributed by atoms with Gasteiger partial charge in [0.1, 0.15) is 10.9 Å². The lowest BCUT2D eigenvalue weighted by molar-refractivity contribution is 0.334. The largest absolute Gasteiger partial charge is 0.478 e. The van der Waals surface area contributed by atoms with E-state index in [1.54, 1.807) is 0 Å². The molecular formula is C9H10BrNO. The van der Waals surface area contributed by atoms with Crippen LogP contribution in [0.5, 0.6) is 0 Å². The summed E-state index contributed by atoms with van der Waals surface area (Å²) in [5, 5.41) is 0. The number of alkyl halides is 1. The van der Waals surface area contributed by atoms with Gasteiger partial charge in [-0.25, -0.2) is 0 Å². The summed E-state index contributed by atoms with van der Waals surface area (Å²) in [7, 11) is 0. The maximum absolute atomic E-state index is 5.41. The molecule has 0 fully saturated rings. The lowest BCUT2D eigenvalue weighted by atomic mass is 10.0. The van der Waals surface area contributed by atoms with Gasteiger partial charge in [-0.15, -0.1) is 0 Å². The Kier molecular flexibility index (Phi) is 2.05. The maximum Gasteiger partial charge on any atom is 0.205 e. The van der Waals surface area contributed by atoms with Gasteiger partial charge < -0.3 is 4.74 Å².